The molecular weight excluding hydrogens is 392 g/mol. The summed E-state index contributed by atoms with van der Waals surface area (Å²) < 4.78 is 5.06. The van der Waals surface area contributed by atoms with E-state index in [0.717, 1.165) is 47.2 Å². The highest BCUT2D eigenvalue weighted by atomic mass is 16.5. The molecule has 160 valence electrons. The first-order valence-electron chi connectivity index (χ1n) is 10.3. The van der Waals surface area contributed by atoms with Gasteiger partial charge in [-0.25, -0.2) is 9.97 Å². The van der Waals surface area contributed by atoms with Gasteiger partial charge in [-0.15, -0.1) is 0 Å². The average molecular weight is 419 g/mol. The molecule has 3 heterocycles. The molecule has 0 saturated heterocycles. The Bertz CT molecular complexity index is 1130. The maximum atomic E-state index is 12.7. The van der Waals surface area contributed by atoms with Crippen LogP contribution in [0.3, 0.4) is 0 Å². The zero-order valence-electron chi connectivity index (χ0n) is 17.8. The summed E-state index contributed by atoms with van der Waals surface area (Å²) in [5.74, 6) is 0.461. The van der Waals surface area contributed by atoms with Crippen LogP contribution in [-0.4, -0.2) is 59.3 Å². The summed E-state index contributed by atoms with van der Waals surface area (Å²) in [6.07, 6.45) is 8.46. The monoisotopic (exact) mass is 418 g/mol. The molecule has 31 heavy (non-hydrogen) atoms. The van der Waals surface area contributed by atoms with Crippen LogP contribution in [0.25, 0.3) is 16.6 Å². The number of carbonyl (C=O) groups is 1. The van der Waals surface area contributed by atoms with Crippen molar-refractivity contribution in [1.29, 1.82) is 0 Å². The van der Waals surface area contributed by atoms with Gasteiger partial charge < -0.3 is 19.9 Å². The van der Waals surface area contributed by atoms with Crippen molar-refractivity contribution in [3.63, 3.8) is 0 Å². The fourth-order valence-electron chi connectivity index (χ4n) is 3.45. The third-order valence-corrected chi connectivity index (χ3v) is 5.08. The van der Waals surface area contributed by atoms with Gasteiger partial charge >= 0.3 is 0 Å². The van der Waals surface area contributed by atoms with Crippen LogP contribution in [0, 0.1) is 0 Å². The number of aromatic amines is 1. The molecule has 1 amide bonds. The van der Waals surface area contributed by atoms with E-state index in [1.54, 1.807) is 25.3 Å². The van der Waals surface area contributed by atoms with Crippen LogP contribution in [0.1, 0.15) is 35.4 Å². The van der Waals surface area contributed by atoms with Crippen molar-refractivity contribution in [1.82, 2.24) is 19.9 Å². The van der Waals surface area contributed by atoms with Crippen LogP contribution < -0.4 is 5.32 Å². The van der Waals surface area contributed by atoms with E-state index in [-0.39, 0.29) is 5.91 Å². The summed E-state index contributed by atoms with van der Waals surface area (Å²) >= 11 is 0. The number of aliphatic imine (C=N–C) groups is 1. The number of methoxy groups -OCH3 is 1. The summed E-state index contributed by atoms with van der Waals surface area (Å²) in [4.78, 5) is 30.9. The van der Waals surface area contributed by atoms with E-state index in [1.165, 1.54) is 0 Å². The molecule has 2 aromatic heterocycles. The molecule has 0 unspecified atom stereocenters. The van der Waals surface area contributed by atoms with E-state index in [9.17, 15) is 4.79 Å². The summed E-state index contributed by atoms with van der Waals surface area (Å²) in [6.45, 7) is 1.27. The van der Waals surface area contributed by atoms with Gasteiger partial charge in [-0.05, 0) is 49.6 Å². The van der Waals surface area contributed by atoms with E-state index in [1.807, 2.05) is 36.5 Å². The Labute approximate surface area is 181 Å². The number of aromatic nitrogens is 3. The van der Waals surface area contributed by atoms with Gasteiger partial charge in [0.15, 0.2) is 0 Å². The average Bonchev–Trinajstić information content (AvgIpc) is 3.23. The number of ether oxygens (including phenoxy) is 1. The number of allylic oxidation sites excluding steroid dienone is 1. The number of H-pyrrole nitrogens is 1. The molecule has 3 aromatic rings. The lowest BCUT2D eigenvalue weighted by Gasteiger charge is -2.15. The van der Waals surface area contributed by atoms with E-state index in [2.05, 4.69) is 31.3 Å². The third kappa shape index (κ3) is 4.97. The predicted octanol–water partition coefficient (Wildman–Crippen LogP) is 4.02. The van der Waals surface area contributed by atoms with E-state index in [4.69, 9.17) is 4.74 Å². The highest BCUT2D eigenvalue weighted by molar-refractivity contribution is 5.98. The van der Waals surface area contributed by atoms with E-state index in [0.29, 0.717) is 24.8 Å². The minimum absolute atomic E-state index is 0.0424. The zero-order valence-corrected chi connectivity index (χ0v) is 17.8. The van der Waals surface area contributed by atoms with Crippen molar-refractivity contribution in [2.45, 2.75) is 19.3 Å². The second-order valence-corrected chi connectivity index (χ2v) is 7.43. The first-order chi connectivity index (χ1) is 15.1. The third-order valence-electron chi connectivity index (χ3n) is 5.08. The highest BCUT2D eigenvalue weighted by Crippen LogP contribution is 2.24. The number of nitrogens with zero attached hydrogens (tertiary/aromatic N) is 4. The number of amides is 1. The van der Waals surface area contributed by atoms with Crippen molar-refractivity contribution in [3.05, 3.63) is 54.0 Å². The molecule has 0 saturated carbocycles. The van der Waals surface area contributed by atoms with Gasteiger partial charge in [-0.3, -0.25) is 9.79 Å². The maximum absolute atomic E-state index is 12.7. The van der Waals surface area contributed by atoms with E-state index >= 15 is 0 Å². The Morgan fingerprint density at radius 2 is 2.16 bits per heavy atom. The molecule has 8 heteroatoms. The topological polar surface area (TPSA) is 95.5 Å². The Hall–Kier alpha value is -3.52. The number of rotatable bonds is 8. The zero-order chi connectivity index (χ0) is 21.6. The molecule has 0 bridgehead atoms. The van der Waals surface area contributed by atoms with Crippen LogP contribution in [0.5, 0.6) is 0 Å². The number of anilines is 2. The molecule has 1 aliphatic heterocycles. The summed E-state index contributed by atoms with van der Waals surface area (Å²) in [6, 6.07) is 9.58. The summed E-state index contributed by atoms with van der Waals surface area (Å²) in [7, 11) is 3.46. The fourth-order valence-corrected chi connectivity index (χ4v) is 3.45. The smallest absolute Gasteiger partial charge is 0.270 e. The lowest BCUT2D eigenvalue weighted by Crippen LogP contribution is -2.28. The largest absolute Gasteiger partial charge is 0.385 e. The van der Waals surface area contributed by atoms with Gasteiger partial charge in [0.05, 0.1) is 11.4 Å². The molecule has 2 N–H and O–H groups in total. The van der Waals surface area contributed by atoms with Gasteiger partial charge in [0.1, 0.15) is 5.69 Å². The molecule has 1 aromatic carbocycles. The number of hydrogen-bond donors (Lipinski definition) is 2. The molecule has 0 spiro atoms. The van der Waals surface area contributed by atoms with Crippen molar-refractivity contribution in [2.24, 2.45) is 4.99 Å². The summed E-state index contributed by atoms with van der Waals surface area (Å²) in [5, 5.41) is 4.19. The lowest BCUT2D eigenvalue weighted by molar-refractivity contribution is 0.0774. The van der Waals surface area contributed by atoms with Crippen molar-refractivity contribution in [3.8, 4) is 0 Å². The van der Waals surface area contributed by atoms with Crippen molar-refractivity contribution >= 4 is 40.4 Å². The highest BCUT2D eigenvalue weighted by Gasteiger charge is 2.14. The van der Waals surface area contributed by atoms with Gasteiger partial charge in [0.25, 0.3) is 5.91 Å². The number of fused-ring (bicyclic) bond motifs is 1. The normalized spacial score (nSPS) is 13.3. The molecule has 0 aliphatic carbocycles. The number of hydrogen-bond acceptors (Lipinski definition) is 6. The second kappa shape index (κ2) is 9.53. The van der Waals surface area contributed by atoms with Crippen molar-refractivity contribution < 1.29 is 9.53 Å². The molecule has 0 radical (unpaired) electrons. The summed E-state index contributed by atoms with van der Waals surface area (Å²) in [5.41, 5.74) is 3.97. The number of carbonyl (C=O) groups excluding carboxylic acids is 1. The van der Waals surface area contributed by atoms with Crippen LogP contribution >= 0.6 is 0 Å². The van der Waals surface area contributed by atoms with Gasteiger partial charge in [0.2, 0.25) is 5.95 Å². The second-order valence-electron chi connectivity index (χ2n) is 7.43. The van der Waals surface area contributed by atoms with Crippen LogP contribution in [-0.2, 0) is 4.74 Å². The number of nitrogens with one attached hydrogen (secondary N) is 2. The molecule has 8 nitrogen and oxygen atoms in total. The maximum Gasteiger partial charge on any atom is 0.270 e. The van der Waals surface area contributed by atoms with E-state index < -0.39 is 0 Å². The van der Waals surface area contributed by atoms with Gasteiger partial charge in [-0.1, -0.05) is 6.08 Å². The van der Waals surface area contributed by atoms with Crippen LogP contribution in [0.15, 0.2) is 47.6 Å². The SMILES string of the molecule is COCCCN(C)C(=O)c1cc2cc(Nc3nccc(C4=CCCC=N4)n3)ccc2[nH]1. The van der Waals surface area contributed by atoms with Crippen LogP contribution in [0.2, 0.25) is 0 Å². The minimum atomic E-state index is -0.0424. The Morgan fingerprint density at radius 3 is 2.97 bits per heavy atom. The molecular formula is C23H26N6O2. The first kappa shape index (κ1) is 20.7. The molecule has 0 fully saturated rings. The van der Waals surface area contributed by atoms with Crippen LogP contribution in [0.4, 0.5) is 11.6 Å². The van der Waals surface area contributed by atoms with Gasteiger partial charge in [-0.2, -0.15) is 0 Å². The Balaban J connectivity index is 1.49. The minimum Gasteiger partial charge on any atom is -0.385 e. The molecule has 1 aliphatic rings. The predicted molar refractivity (Wildman–Crippen MR) is 123 cm³/mol. The quantitative estimate of drug-likeness (QED) is 0.539. The Morgan fingerprint density at radius 1 is 1.26 bits per heavy atom. The van der Waals surface area contributed by atoms with Crippen molar-refractivity contribution in [2.75, 3.05) is 32.6 Å². The standard InChI is InChI=1S/C23H26N6O2/c1-29(12-5-13-31-2)22(30)21-15-16-14-17(7-8-18(16)27-21)26-23-25-11-9-20(28-23)19-6-3-4-10-24-19/h6-11,14-15,27H,3-5,12-13H2,1-2H3,(H,25,26,28). The lowest BCUT2D eigenvalue weighted by atomic mass is 10.2. The van der Waals surface area contributed by atoms with Gasteiger partial charge in [0, 0.05) is 56.3 Å². The fraction of sp³-hybridized carbons (Fsp3) is 0.304. The number of benzene rings is 1. The Kier molecular flexibility index (Phi) is 6.37. The first-order valence-corrected chi connectivity index (χ1v) is 10.3. The molecule has 4 rings (SSSR count). The molecule has 0 atom stereocenters.